The van der Waals surface area contributed by atoms with Crippen LogP contribution in [-0.4, -0.2) is 72.3 Å². The highest BCUT2D eigenvalue weighted by molar-refractivity contribution is 5.99. The molecule has 3 heterocycles. The smallest absolute Gasteiger partial charge is 0.256 e. The van der Waals surface area contributed by atoms with Crippen molar-refractivity contribution in [3.63, 3.8) is 0 Å². The average molecular weight is 508 g/mol. The van der Waals surface area contributed by atoms with E-state index in [1.807, 2.05) is 32.9 Å². The molecular formula is C28H33N3O6. The van der Waals surface area contributed by atoms with Gasteiger partial charge in [0.25, 0.3) is 11.8 Å². The minimum Gasteiger partial charge on any atom is -0.454 e. The molecule has 2 aromatic carbocycles. The maximum atomic E-state index is 13.8. The van der Waals surface area contributed by atoms with E-state index in [0.29, 0.717) is 55.1 Å². The van der Waals surface area contributed by atoms with Crippen LogP contribution in [0.4, 0.5) is 0 Å². The number of aryl methyl sites for hydroxylation is 1. The number of hydrogen-bond donors (Lipinski definition) is 1. The zero-order chi connectivity index (χ0) is 26.2. The highest BCUT2D eigenvalue weighted by Crippen LogP contribution is 2.39. The summed E-state index contributed by atoms with van der Waals surface area (Å²) in [5.41, 5.74) is 1.13. The number of amides is 3. The second-order valence-electron chi connectivity index (χ2n) is 10.3. The molecule has 2 aromatic rings. The summed E-state index contributed by atoms with van der Waals surface area (Å²) in [5.74, 6) is 0.896. The summed E-state index contributed by atoms with van der Waals surface area (Å²) in [5, 5.41) is 2.96. The van der Waals surface area contributed by atoms with E-state index in [1.54, 1.807) is 40.1 Å². The summed E-state index contributed by atoms with van der Waals surface area (Å²) in [6.45, 7) is 7.59. The van der Waals surface area contributed by atoms with Crippen LogP contribution in [0.15, 0.2) is 42.5 Å². The third-order valence-electron chi connectivity index (χ3n) is 7.22. The lowest BCUT2D eigenvalue weighted by atomic mass is 9.96. The van der Waals surface area contributed by atoms with E-state index in [2.05, 4.69) is 5.32 Å². The number of hydrogen-bond acceptors (Lipinski definition) is 6. The Kier molecular flexibility index (Phi) is 6.81. The number of piperidine rings is 1. The van der Waals surface area contributed by atoms with Crippen molar-refractivity contribution < 1.29 is 28.6 Å². The van der Waals surface area contributed by atoms with Gasteiger partial charge in [-0.3, -0.25) is 19.3 Å². The van der Waals surface area contributed by atoms with Gasteiger partial charge in [0.05, 0.1) is 6.61 Å². The van der Waals surface area contributed by atoms with E-state index in [9.17, 15) is 14.4 Å². The highest BCUT2D eigenvalue weighted by Gasteiger charge is 2.54. The largest absolute Gasteiger partial charge is 0.454 e. The number of carbonyl (C=O) groups is 3. The summed E-state index contributed by atoms with van der Waals surface area (Å²) in [7, 11) is 0. The minimum atomic E-state index is -0.951. The summed E-state index contributed by atoms with van der Waals surface area (Å²) < 4.78 is 17.0. The molecule has 2 saturated heterocycles. The molecule has 1 spiro atoms. The van der Waals surface area contributed by atoms with Gasteiger partial charge in [-0.2, -0.15) is 0 Å². The zero-order valence-corrected chi connectivity index (χ0v) is 21.5. The fraction of sp³-hybridized carbons (Fsp3) is 0.464. The first-order valence-electron chi connectivity index (χ1n) is 12.8. The normalized spacial score (nSPS) is 19.9. The Morgan fingerprint density at radius 2 is 1.65 bits per heavy atom. The number of rotatable bonds is 5. The number of nitrogens with one attached hydrogen (secondary N) is 1. The molecule has 3 aliphatic rings. The Hall–Kier alpha value is -3.59. The van der Waals surface area contributed by atoms with Crippen LogP contribution in [0.2, 0.25) is 0 Å². The molecular weight excluding hydrogens is 474 g/mol. The SMILES string of the molecule is Cc1ccc(C(=O)N2[C@@H](C(=O)NCC(C)C)COC23CCN(C(=O)c2ccc4c(c2)OCO4)CC3)cc1. The van der Waals surface area contributed by atoms with E-state index in [-0.39, 0.29) is 37.0 Å². The van der Waals surface area contributed by atoms with Crippen molar-refractivity contribution in [1.82, 2.24) is 15.1 Å². The molecule has 196 valence electrons. The van der Waals surface area contributed by atoms with Gasteiger partial charge >= 0.3 is 0 Å². The Morgan fingerprint density at radius 3 is 2.35 bits per heavy atom. The van der Waals surface area contributed by atoms with E-state index >= 15 is 0 Å². The zero-order valence-electron chi connectivity index (χ0n) is 21.5. The van der Waals surface area contributed by atoms with Crippen LogP contribution < -0.4 is 14.8 Å². The van der Waals surface area contributed by atoms with E-state index in [1.165, 1.54) is 0 Å². The number of fused-ring (bicyclic) bond motifs is 1. The molecule has 3 amide bonds. The molecule has 0 bridgehead atoms. The molecule has 9 nitrogen and oxygen atoms in total. The first-order valence-corrected chi connectivity index (χ1v) is 12.8. The summed E-state index contributed by atoms with van der Waals surface area (Å²) in [6.07, 6.45) is 0.823. The third-order valence-corrected chi connectivity index (χ3v) is 7.22. The van der Waals surface area contributed by atoms with Crippen molar-refractivity contribution in [2.75, 3.05) is 33.0 Å². The monoisotopic (exact) mass is 507 g/mol. The van der Waals surface area contributed by atoms with Gasteiger partial charge in [-0.1, -0.05) is 31.5 Å². The van der Waals surface area contributed by atoms with Crippen molar-refractivity contribution in [3.8, 4) is 11.5 Å². The van der Waals surface area contributed by atoms with Gasteiger partial charge in [-0.15, -0.1) is 0 Å². The lowest BCUT2D eigenvalue weighted by Crippen LogP contribution is -2.60. The Balaban J connectivity index is 1.35. The van der Waals surface area contributed by atoms with Crippen molar-refractivity contribution in [2.45, 2.75) is 45.4 Å². The molecule has 37 heavy (non-hydrogen) atoms. The van der Waals surface area contributed by atoms with Crippen LogP contribution in [0.5, 0.6) is 11.5 Å². The lowest BCUT2D eigenvalue weighted by molar-refractivity contribution is -0.128. The van der Waals surface area contributed by atoms with Gasteiger partial charge in [0, 0.05) is 43.6 Å². The molecule has 0 aliphatic carbocycles. The summed E-state index contributed by atoms with van der Waals surface area (Å²) in [6, 6.07) is 11.8. The summed E-state index contributed by atoms with van der Waals surface area (Å²) in [4.78, 5) is 43.6. The van der Waals surface area contributed by atoms with Crippen molar-refractivity contribution in [3.05, 3.63) is 59.2 Å². The molecule has 3 aliphatic heterocycles. The third kappa shape index (κ3) is 4.87. The predicted octanol–water partition coefficient (Wildman–Crippen LogP) is 2.97. The lowest BCUT2D eigenvalue weighted by Gasteiger charge is -2.44. The first kappa shape index (κ1) is 25.1. The molecule has 0 saturated carbocycles. The molecule has 9 heteroatoms. The minimum absolute atomic E-state index is 0.117. The maximum Gasteiger partial charge on any atom is 0.256 e. The standard InChI is InChI=1S/C28H33N3O6/c1-18(2)15-29-25(32)22-16-37-28(31(22)27(34)20-6-4-19(3)5-7-20)10-12-30(13-11-28)26(33)21-8-9-23-24(14-21)36-17-35-23/h4-9,14,18,22H,10-13,15-17H2,1-3H3,(H,29,32)/t22-/m1/s1. The average Bonchev–Trinajstić information content (AvgIpc) is 3.52. The van der Waals surface area contributed by atoms with Gasteiger partial charge in [-0.25, -0.2) is 0 Å². The second kappa shape index (κ2) is 10.0. The molecule has 0 radical (unpaired) electrons. The Morgan fingerprint density at radius 1 is 0.973 bits per heavy atom. The second-order valence-corrected chi connectivity index (χ2v) is 10.3. The molecule has 0 unspecified atom stereocenters. The fourth-order valence-corrected chi connectivity index (χ4v) is 5.10. The number of nitrogens with zero attached hydrogens (tertiary/aromatic N) is 2. The number of carbonyl (C=O) groups excluding carboxylic acids is 3. The van der Waals surface area contributed by atoms with Gasteiger partial charge in [0.1, 0.15) is 11.8 Å². The number of ether oxygens (including phenoxy) is 3. The Labute approximate surface area is 216 Å². The number of likely N-dealkylation sites (tertiary alicyclic amines) is 1. The molecule has 1 atom stereocenters. The molecule has 5 rings (SSSR count). The van der Waals surface area contributed by atoms with Crippen molar-refractivity contribution in [1.29, 1.82) is 0 Å². The topological polar surface area (TPSA) is 97.4 Å². The first-order chi connectivity index (χ1) is 17.8. The van der Waals surface area contributed by atoms with Crippen LogP contribution in [0.25, 0.3) is 0 Å². The fourth-order valence-electron chi connectivity index (χ4n) is 5.10. The van der Waals surface area contributed by atoms with Gasteiger partial charge in [-0.05, 0) is 43.2 Å². The van der Waals surface area contributed by atoms with Crippen LogP contribution in [-0.2, 0) is 9.53 Å². The molecule has 1 N–H and O–H groups in total. The van der Waals surface area contributed by atoms with Crippen molar-refractivity contribution in [2.24, 2.45) is 5.92 Å². The van der Waals surface area contributed by atoms with Crippen molar-refractivity contribution >= 4 is 17.7 Å². The van der Waals surface area contributed by atoms with E-state index in [4.69, 9.17) is 14.2 Å². The quantitative estimate of drug-likeness (QED) is 0.669. The van der Waals surface area contributed by atoms with Gasteiger partial charge in [0.15, 0.2) is 11.5 Å². The van der Waals surface area contributed by atoms with E-state index < -0.39 is 11.8 Å². The van der Waals surface area contributed by atoms with E-state index in [0.717, 1.165) is 5.56 Å². The van der Waals surface area contributed by atoms with Crippen LogP contribution in [0, 0.1) is 12.8 Å². The molecule has 2 fully saturated rings. The maximum absolute atomic E-state index is 13.8. The highest BCUT2D eigenvalue weighted by atomic mass is 16.7. The summed E-state index contributed by atoms with van der Waals surface area (Å²) >= 11 is 0. The van der Waals surface area contributed by atoms with Crippen LogP contribution >= 0.6 is 0 Å². The van der Waals surface area contributed by atoms with Crippen LogP contribution in [0.1, 0.15) is 53.0 Å². The van der Waals surface area contributed by atoms with Gasteiger partial charge in [0.2, 0.25) is 12.7 Å². The van der Waals surface area contributed by atoms with Gasteiger partial charge < -0.3 is 24.4 Å². The Bertz CT molecular complexity index is 1190. The van der Waals surface area contributed by atoms with Crippen LogP contribution in [0.3, 0.4) is 0 Å². The predicted molar refractivity (Wildman–Crippen MR) is 135 cm³/mol. The molecule has 0 aromatic heterocycles. The number of benzene rings is 2.